The zero-order valence-corrected chi connectivity index (χ0v) is 10.8. The van der Waals surface area contributed by atoms with Gasteiger partial charge in [0, 0.05) is 13.0 Å². The second-order valence-corrected chi connectivity index (χ2v) is 4.64. The molecule has 0 atom stereocenters. The van der Waals surface area contributed by atoms with Crippen molar-refractivity contribution in [3.8, 4) is 6.07 Å². The molecule has 18 heavy (non-hydrogen) atoms. The molecule has 2 aromatic carbocycles. The van der Waals surface area contributed by atoms with E-state index in [2.05, 4.69) is 60.5 Å². The number of unbranched alkanes of at least 4 members (excludes halogenated alkanes) is 1. The molecule has 0 unspecified atom stereocenters. The highest BCUT2D eigenvalue weighted by atomic mass is 15.1. The monoisotopic (exact) mass is 238 g/mol. The van der Waals surface area contributed by atoms with Gasteiger partial charge < -0.3 is 4.90 Å². The summed E-state index contributed by atoms with van der Waals surface area (Å²) in [7, 11) is 2.11. The topological polar surface area (TPSA) is 27.0 Å². The minimum absolute atomic E-state index is 0.639. The van der Waals surface area contributed by atoms with Gasteiger partial charge in [-0.1, -0.05) is 42.5 Å². The highest BCUT2D eigenvalue weighted by Crippen LogP contribution is 2.19. The van der Waals surface area contributed by atoms with Crippen molar-refractivity contribution < 1.29 is 0 Å². The van der Waals surface area contributed by atoms with Crippen molar-refractivity contribution in [2.75, 3.05) is 13.6 Å². The Morgan fingerprint density at radius 3 is 2.72 bits per heavy atom. The first-order chi connectivity index (χ1) is 8.81. The molecule has 0 fully saturated rings. The van der Waals surface area contributed by atoms with E-state index in [1.54, 1.807) is 0 Å². The quantitative estimate of drug-likeness (QED) is 0.744. The highest BCUT2D eigenvalue weighted by molar-refractivity contribution is 5.85. The van der Waals surface area contributed by atoms with Gasteiger partial charge in [0.1, 0.15) is 0 Å². The molecule has 2 aromatic rings. The van der Waals surface area contributed by atoms with Gasteiger partial charge in [0.2, 0.25) is 0 Å². The molecule has 0 spiro atoms. The van der Waals surface area contributed by atoms with Crippen molar-refractivity contribution in [1.29, 1.82) is 5.26 Å². The lowest BCUT2D eigenvalue weighted by Crippen LogP contribution is -2.19. The van der Waals surface area contributed by atoms with Crippen LogP contribution in [0.25, 0.3) is 10.8 Å². The van der Waals surface area contributed by atoms with Crippen LogP contribution in [0.5, 0.6) is 0 Å². The molecular formula is C16H18N2. The van der Waals surface area contributed by atoms with Crippen molar-refractivity contribution in [2.24, 2.45) is 0 Å². The molecule has 0 saturated heterocycles. The van der Waals surface area contributed by atoms with E-state index in [9.17, 15) is 0 Å². The van der Waals surface area contributed by atoms with Gasteiger partial charge in [-0.3, -0.25) is 0 Å². The summed E-state index contributed by atoms with van der Waals surface area (Å²) in [5, 5.41) is 11.2. The maximum atomic E-state index is 8.54. The van der Waals surface area contributed by atoms with E-state index in [0.717, 1.165) is 19.5 Å². The van der Waals surface area contributed by atoms with Crippen LogP contribution in [-0.2, 0) is 6.54 Å². The first kappa shape index (κ1) is 12.6. The van der Waals surface area contributed by atoms with Crippen LogP contribution in [0.4, 0.5) is 0 Å². The van der Waals surface area contributed by atoms with Gasteiger partial charge in [-0.2, -0.15) is 5.26 Å². The van der Waals surface area contributed by atoms with E-state index < -0.39 is 0 Å². The summed E-state index contributed by atoms with van der Waals surface area (Å²) in [6, 6.07) is 17.1. The lowest BCUT2D eigenvalue weighted by atomic mass is 10.0. The number of benzene rings is 2. The Morgan fingerprint density at radius 2 is 1.89 bits per heavy atom. The first-order valence-corrected chi connectivity index (χ1v) is 6.33. The Hall–Kier alpha value is -1.85. The molecule has 0 amide bonds. The minimum Gasteiger partial charge on any atom is -0.302 e. The third-order valence-electron chi connectivity index (χ3n) is 3.15. The normalized spacial score (nSPS) is 10.7. The van der Waals surface area contributed by atoms with E-state index in [1.807, 2.05) is 0 Å². The van der Waals surface area contributed by atoms with E-state index in [1.165, 1.54) is 16.3 Å². The molecule has 2 heteroatoms. The fraction of sp³-hybridized carbons (Fsp3) is 0.312. The lowest BCUT2D eigenvalue weighted by Gasteiger charge is -2.17. The van der Waals surface area contributed by atoms with Crippen molar-refractivity contribution >= 4 is 10.8 Å². The molecule has 0 radical (unpaired) electrons. The fourth-order valence-electron chi connectivity index (χ4n) is 2.23. The molecule has 0 aliphatic rings. The highest BCUT2D eigenvalue weighted by Gasteiger charge is 2.03. The van der Waals surface area contributed by atoms with Crippen molar-refractivity contribution in [1.82, 2.24) is 4.90 Å². The zero-order valence-electron chi connectivity index (χ0n) is 10.8. The molecule has 2 rings (SSSR count). The number of hydrogen-bond donors (Lipinski definition) is 0. The zero-order chi connectivity index (χ0) is 12.8. The molecule has 2 nitrogen and oxygen atoms in total. The molecule has 0 aliphatic heterocycles. The molecule has 92 valence electrons. The van der Waals surface area contributed by atoms with Crippen molar-refractivity contribution in [3.05, 3.63) is 48.0 Å². The smallest absolute Gasteiger partial charge is 0.0622 e. The van der Waals surface area contributed by atoms with Gasteiger partial charge in [-0.25, -0.2) is 0 Å². The second-order valence-electron chi connectivity index (χ2n) is 4.64. The molecule has 0 saturated carbocycles. The van der Waals surface area contributed by atoms with Crippen LogP contribution in [0, 0.1) is 11.3 Å². The van der Waals surface area contributed by atoms with Gasteiger partial charge in [-0.05, 0) is 36.3 Å². The second kappa shape index (κ2) is 6.18. The van der Waals surface area contributed by atoms with E-state index in [4.69, 9.17) is 5.26 Å². The molecule has 0 aliphatic carbocycles. The largest absolute Gasteiger partial charge is 0.302 e. The van der Waals surface area contributed by atoms with Crippen molar-refractivity contribution in [2.45, 2.75) is 19.4 Å². The number of rotatable bonds is 5. The lowest BCUT2D eigenvalue weighted by molar-refractivity contribution is 0.325. The number of nitrogens with zero attached hydrogens (tertiary/aromatic N) is 2. The summed E-state index contributed by atoms with van der Waals surface area (Å²) in [4.78, 5) is 2.28. The van der Waals surface area contributed by atoms with Crippen LogP contribution >= 0.6 is 0 Å². The Morgan fingerprint density at radius 1 is 1.11 bits per heavy atom. The van der Waals surface area contributed by atoms with Gasteiger partial charge >= 0.3 is 0 Å². The Kier molecular flexibility index (Phi) is 4.33. The Labute approximate surface area is 108 Å². The van der Waals surface area contributed by atoms with Crippen LogP contribution in [0.15, 0.2) is 42.5 Å². The van der Waals surface area contributed by atoms with Gasteiger partial charge in [0.15, 0.2) is 0 Å². The molecule has 0 N–H and O–H groups in total. The average Bonchev–Trinajstić information content (AvgIpc) is 2.39. The summed E-state index contributed by atoms with van der Waals surface area (Å²) in [6.07, 6.45) is 1.58. The summed E-state index contributed by atoms with van der Waals surface area (Å²) in [6.45, 7) is 1.91. The maximum Gasteiger partial charge on any atom is 0.0622 e. The predicted molar refractivity (Wildman–Crippen MR) is 75.1 cm³/mol. The first-order valence-electron chi connectivity index (χ1n) is 6.33. The average molecular weight is 238 g/mol. The Bertz CT molecular complexity index is 549. The number of hydrogen-bond acceptors (Lipinski definition) is 2. The van der Waals surface area contributed by atoms with Gasteiger partial charge in [0.25, 0.3) is 0 Å². The summed E-state index contributed by atoms with van der Waals surface area (Å²) < 4.78 is 0. The maximum absolute atomic E-state index is 8.54. The summed E-state index contributed by atoms with van der Waals surface area (Å²) in [5.74, 6) is 0. The Balaban J connectivity index is 2.09. The molecule has 0 aromatic heterocycles. The third-order valence-corrected chi connectivity index (χ3v) is 3.15. The van der Waals surface area contributed by atoms with Gasteiger partial charge in [-0.15, -0.1) is 0 Å². The van der Waals surface area contributed by atoms with Crippen LogP contribution in [-0.4, -0.2) is 18.5 Å². The summed E-state index contributed by atoms with van der Waals surface area (Å²) in [5.41, 5.74) is 1.35. The predicted octanol–water partition coefficient (Wildman–Crippen LogP) is 3.58. The molecule has 0 heterocycles. The fourth-order valence-corrected chi connectivity index (χ4v) is 2.23. The van der Waals surface area contributed by atoms with Crippen LogP contribution < -0.4 is 0 Å². The van der Waals surface area contributed by atoms with Crippen LogP contribution in [0.3, 0.4) is 0 Å². The van der Waals surface area contributed by atoms with Gasteiger partial charge in [0.05, 0.1) is 6.07 Å². The third kappa shape index (κ3) is 3.09. The SMILES string of the molecule is CN(CCCC#N)Cc1cccc2ccccc12. The summed E-state index contributed by atoms with van der Waals surface area (Å²) >= 11 is 0. The van der Waals surface area contributed by atoms with E-state index in [-0.39, 0.29) is 0 Å². The van der Waals surface area contributed by atoms with E-state index in [0.29, 0.717) is 6.42 Å². The van der Waals surface area contributed by atoms with E-state index >= 15 is 0 Å². The number of fused-ring (bicyclic) bond motifs is 1. The number of nitriles is 1. The van der Waals surface area contributed by atoms with Crippen molar-refractivity contribution in [3.63, 3.8) is 0 Å². The van der Waals surface area contributed by atoms with Crippen LogP contribution in [0.2, 0.25) is 0 Å². The van der Waals surface area contributed by atoms with Crippen LogP contribution in [0.1, 0.15) is 18.4 Å². The molecular weight excluding hydrogens is 220 g/mol. The molecule has 0 bridgehead atoms. The minimum atomic E-state index is 0.639. The standard InChI is InChI=1S/C16H18N2/c1-18(12-5-4-11-17)13-15-9-6-8-14-7-2-3-10-16(14)15/h2-3,6-10H,4-5,12-13H2,1H3.